The number of para-hydroxylation sites is 2. The van der Waals surface area contributed by atoms with E-state index >= 15 is 0 Å². The molecule has 0 amide bonds. The van der Waals surface area contributed by atoms with Gasteiger partial charge in [-0.3, -0.25) is 0 Å². The minimum Gasteiger partial charge on any atom is -0.459 e. The normalized spacial score (nSPS) is 18.2. The van der Waals surface area contributed by atoms with Crippen LogP contribution in [0, 0.1) is 12.3 Å². The van der Waals surface area contributed by atoms with Gasteiger partial charge in [0.1, 0.15) is 5.75 Å². The maximum atomic E-state index is 5.57. The maximum absolute atomic E-state index is 5.57. The highest BCUT2D eigenvalue weighted by Gasteiger charge is 2.20. The molecule has 2 nitrogen and oxygen atoms in total. The van der Waals surface area contributed by atoms with Gasteiger partial charge in [-0.15, -0.1) is 6.42 Å². The molecule has 1 heterocycles. The molecule has 13 heavy (non-hydrogen) atoms. The maximum Gasteiger partial charge on any atom is 0.219 e. The molecule has 0 saturated carbocycles. The third-order valence-corrected chi connectivity index (χ3v) is 2.56. The number of thioether (sulfide) groups is 1. The van der Waals surface area contributed by atoms with E-state index in [1.54, 1.807) is 11.8 Å². The molecule has 0 fully saturated rings. The highest BCUT2D eigenvalue weighted by Crippen LogP contribution is 2.34. The summed E-state index contributed by atoms with van der Waals surface area (Å²) < 4.78 is 5.57. The van der Waals surface area contributed by atoms with Crippen LogP contribution in [-0.4, -0.2) is 11.3 Å². The number of terminal acetylenes is 1. The largest absolute Gasteiger partial charge is 0.459 e. The zero-order valence-corrected chi connectivity index (χ0v) is 7.80. The van der Waals surface area contributed by atoms with Crippen LogP contribution in [0.25, 0.3) is 0 Å². The quantitative estimate of drug-likeness (QED) is 0.724. The number of anilines is 1. The van der Waals surface area contributed by atoms with E-state index in [0.717, 1.165) is 11.4 Å². The summed E-state index contributed by atoms with van der Waals surface area (Å²) >= 11 is 1.57. The van der Waals surface area contributed by atoms with E-state index < -0.39 is 0 Å². The Morgan fingerprint density at radius 2 is 2.38 bits per heavy atom. The van der Waals surface area contributed by atoms with Crippen LogP contribution >= 0.6 is 11.8 Å². The number of fused-ring (bicyclic) bond motifs is 1. The second-order valence-electron chi connectivity index (χ2n) is 2.61. The Morgan fingerprint density at radius 3 is 3.15 bits per heavy atom. The Hall–Kier alpha value is -1.27. The number of hydrogen-bond acceptors (Lipinski definition) is 3. The summed E-state index contributed by atoms with van der Waals surface area (Å²) in [6.07, 6.45) is 5.16. The average molecular weight is 191 g/mol. The molecule has 0 aromatic heterocycles. The molecule has 1 N–H and O–H groups in total. The SMILES string of the molecule is C#CCSC1Nc2ccccc2O1. The van der Waals surface area contributed by atoms with E-state index in [1.165, 1.54) is 0 Å². The first-order valence-electron chi connectivity index (χ1n) is 3.97. The van der Waals surface area contributed by atoms with Gasteiger partial charge in [0, 0.05) is 0 Å². The molecule has 1 aliphatic rings. The van der Waals surface area contributed by atoms with Crippen molar-refractivity contribution in [1.29, 1.82) is 0 Å². The van der Waals surface area contributed by atoms with Gasteiger partial charge in [-0.2, -0.15) is 0 Å². The summed E-state index contributed by atoms with van der Waals surface area (Å²) in [5.74, 6) is 4.12. The van der Waals surface area contributed by atoms with E-state index in [-0.39, 0.29) is 5.56 Å². The van der Waals surface area contributed by atoms with Gasteiger partial charge in [0.25, 0.3) is 0 Å². The Bertz CT molecular complexity index is 320. The van der Waals surface area contributed by atoms with Crippen LogP contribution in [0.5, 0.6) is 5.75 Å². The standard InChI is InChI=1S/C10H9NOS/c1-2-7-13-10-11-8-5-3-4-6-9(8)12-10/h1,3-6,10-11H,7H2. The minimum atomic E-state index is -0.0338. The fourth-order valence-corrected chi connectivity index (χ4v) is 1.79. The lowest BCUT2D eigenvalue weighted by molar-refractivity contribution is 0.341. The van der Waals surface area contributed by atoms with Gasteiger partial charge in [-0.25, -0.2) is 0 Å². The van der Waals surface area contributed by atoms with Crippen LogP contribution < -0.4 is 10.1 Å². The third-order valence-electron chi connectivity index (χ3n) is 1.71. The Balaban J connectivity index is 2.02. The summed E-state index contributed by atoms with van der Waals surface area (Å²) in [7, 11) is 0. The molecule has 3 heteroatoms. The number of benzene rings is 1. The van der Waals surface area contributed by atoms with Crippen molar-refractivity contribution >= 4 is 17.4 Å². The second kappa shape index (κ2) is 3.63. The third kappa shape index (κ3) is 1.73. The van der Waals surface area contributed by atoms with Gasteiger partial charge in [0.15, 0.2) is 0 Å². The van der Waals surface area contributed by atoms with E-state index in [0.29, 0.717) is 5.75 Å². The molecule has 1 aliphatic heterocycles. The second-order valence-corrected chi connectivity index (χ2v) is 3.66. The van der Waals surface area contributed by atoms with Gasteiger partial charge < -0.3 is 10.1 Å². The lowest BCUT2D eigenvalue weighted by atomic mass is 10.3. The van der Waals surface area contributed by atoms with E-state index in [9.17, 15) is 0 Å². The van der Waals surface area contributed by atoms with Crippen molar-refractivity contribution in [2.45, 2.75) is 5.56 Å². The van der Waals surface area contributed by atoms with E-state index in [4.69, 9.17) is 11.2 Å². The summed E-state index contributed by atoms with van der Waals surface area (Å²) in [6.45, 7) is 0. The van der Waals surface area contributed by atoms with Gasteiger partial charge in [-0.05, 0) is 12.1 Å². The lowest BCUT2D eigenvalue weighted by Gasteiger charge is -2.07. The number of ether oxygens (including phenoxy) is 1. The summed E-state index contributed by atoms with van der Waals surface area (Å²) in [5, 5.41) is 3.21. The monoisotopic (exact) mass is 191 g/mol. The van der Waals surface area contributed by atoms with Crippen LogP contribution in [0.3, 0.4) is 0 Å². The fourth-order valence-electron chi connectivity index (χ4n) is 1.16. The van der Waals surface area contributed by atoms with Crippen molar-refractivity contribution in [1.82, 2.24) is 0 Å². The molecule has 0 aliphatic carbocycles. The highest BCUT2D eigenvalue weighted by molar-refractivity contribution is 8.00. The molecule has 0 saturated heterocycles. The molecule has 1 atom stereocenters. The van der Waals surface area contributed by atoms with Crippen molar-refractivity contribution < 1.29 is 4.74 Å². The molecule has 0 radical (unpaired) electrons. The van der Waals surface area contributed by atoms with Crippen LogP contribution in [0.15, 0.2) is 24.3 Å². The predicted octanol–water partition coefficient (Wildman–Crippen LogP) is 2.14. The van der Waals surface area contributed by atoms with Gasteiger partial charge >= 0.3 is 0 Å². The molecule has 0 spiro atoms. The average Bonchev–Trinajstić information content (AvgIpc) is 2.57. The molecule has 1 aromatic carbocycles. The zero-order chi connectivity index (χ0) is 9.10. The minimum absolute atomic E-state index is 0.0338. The molecular formula is C10H9NOS. The lowest BCUT2D eigenvalue weighted by Crippen LogP contribution is -2.15. The number of nitrogens with one attached hydrogen (secondary N) is 1. The summed E-state index contributed by atoms with van der Waals surface area (Å²) in [5.41, 5.74) is 1.01. The van der Waals surface area contributed by atoms with Crippen molar-refractivity contribution in [2.75, 3.05) is 11.1 Å². The van der Waals surface area contributed by atoms with Gasteiger partial charge in [0.2, 0.25) is 5.56 Å². The first-order valence-corrected chi connectivity index (χ1v) is 5.02. The van der Waals surface area contributed by atoms with Crippen molar-refractivity contribution in [3.8, 4) is 18.1 Å². The zero-order valence-electron chi connectivity index (χ0n) is 6.99. The van der Waals surface area contributed by atoms with Crippen LogP contribution in [0.2, 0.25) is 0 Å². The van der Waals surface area contributed by atoms with Gasteiger partial charge in [-0.1, -0.05) is 29.8 Å². The van der Waals surface area contributed by atoms with Crippen molar-refractivity contribution in [3.05, 3.63) is 24.3 Å². The van der Waals surface area contributed by atoms with Crippen LogP contribution in [0.4, 0.5) is 5.69 Å². The van der Waals surface area contributed by atoms with Crippen LogP contribution in [0.1, 0.15) is 0 Å². The van der Waals surface area contributed by atoms with Crippen molar-refractivity contribution in [2.24, 2.45) is 0 Å². The first-order chi connectivity index (χ1) is 6.40. The van der Waals surface area contributed by atoms with E-state index in [1.807, 2.05) is 24.3 Å². The topological polar surface area (TPSA) is 21.3 Å². The molecule has 66 valence electrons. The van der Waals surface area contributed by atoms with E-state index in [2.05, 4.69) is 11.2 Å². The summed E-state index contributed by atoms with van der Waals surface area (Å²) in [4.78, 5) is 0. The van der Waals surface area contributed by atoms with Gasteiger partial charge in [0.05, 0.1) is 11.4 Å². The predicted molar refractivity (Wildman–Crippen MR) is 55.8 cm³/mol. The smallest absolute Gasteiger partial charge is 0.219 e. The molecule has 2 rings (SSSR count). The Kier molecular flexibility index (Phi) is 2.33. The highest BCUT2D eigenvalue weighted by atomic mass is 32.2. The fraction of sp³-hybridized carbons (Fsp3) is 0.200. The summed E-state index contributed by atoms with van der Waals surface area (Å²) in [6, 6.07) is 7.86. The number of hydrogen-bond donors (Lipinski definition) is 1. The van der Waals surface area contributed by atoms with Crippen molar-refractivity contribution in [3.63, 3.8) is 0 Å². The first kappa shape index (κ1) is 8.33. The Labute approximate surface area is 81.7 Å². The molecule has 0 bridgehead atoms. The Morgan fingerprint density at radius 1 is 1.54 bits per heavy atom. The van der Waals surface area contributed by atoms with Crippen LogP contribution in [-0.2, 0) is 0 Å². The molecule has 1 unspecified atom stereocenters. The molecule has 1 aromatic rings. The number of rotatable bonds is 2. The molecular weight excluding hydrogens is 182 g/mol.